The molecule has 0 aromatic carbocycles. The van der Waals surface area contributed by atoms with Gasteiger partial charge < -0.3 is 10.1 Å². The Bertz CT molecular complexity index is 81.0. The molecule has 0 heterocycles. The van der Waals surface area contributed by atoms with Gasteiger partial charge in [-0.25, -0.2) is 0 Å². The standard InChI is InChI=1S/C5H13N.HNO3/c1-4-5-6(2)3;2-1(3)4/h4-5H2,1-3H3;(H,2,3,4). The zero-order valence-corrected chi connectivity index (χ0v) is 6.57. The summed E-state index contributed by atoms with van der Waals surface area (Å²) in [7, 11) is 4.17. The van der Waals surface area contributed by atoms with Crippen molar-refractivity contribution in [2.75, 3.05) is 20.6 Å². The average Bonchev–Trinajstić information content (AvgIpc) is 1.62. The van der Waals surface area contributed by atoms with Gasteiger partial charge in [0.1, 0.15) is 0 Å². The lowest BCUT2D eigenvalue weighted by Crippen LogP contribution is -2.11. The summed E-state index contributed by atoms with van der Waals surface area (Å²) >= 11 is 0. The molecule has 0 aromatic heterocycles. The van der Waals surface area contributed by atoms with Crippen LogP contribution in [0, 0.1) is 10.1 Å². The van der Waals surface area contributed by atoms with Gasteiger partial charge in [0.05, 0.1) is 0 Å². The van der Waals surface area contributed by atoms with Crippen LogP contribution in [0.3, 0.4) is 0 Å². The third-order valence-electron chi connectivity index (χ3n) is 0.671. The second-order valence-electron chi connectivity index (χ2n) is 2.04. The van der Waals surface area contributed by atoms with Crippen LogP contribution in [0.15, 0.2) is 0 Å². The Morgan fingerprint density at radius 3 is 1.90 bits per heavy atom. The Morgan fingerprint density at radius 1 is 1.60 bits per heavy atom. The molecule has 0 aliphatic heterocycles. The lowest BCUT2D eigenvalue weighted by atomic mass is 10.5. The Hall–Kier alpha value is -0.840. The topological polar surface area (TPSA) is 66.6 Å². The summed E-state index contributed by atoms with van der Waals surface area (Å²) in [5.41, 5.74) is 0. The molecule has 0 amide bonds. The van der Waals surface area contributed by atoms with Crippen LogP contribution in [0.4, 0.5) is 0 Å². The quantitative estimate of drug-likeness (QED) is 0.462. The Kier molecular flexibility index (Phi) is 9.71. The van der Waals surface area contributed by atoms with Gasteiger partial charge in [-0.15, -0.1) is 10.1 Å². The molecule has 0 radical (unpaired) electrons. The molecule has 1 N–H and O–H groups in total. The van der Waals surface area contributed by atoms with E-state index in [1.165, 1.54) is 13.0 Å². The van der Waals surface area contributed by atoms with E-state index >= 15 is 0 Å². The fraction of sp³-hybridized carbons (Fsp3) is 1.00. The Morgan fingerprint density at radius 2 is 1.90 bits per heavy atom. The highest BCUT2D eigenvalue weighted by molar-refractivity contribution is 4.34. The van der Waals surface area contributed by atoms with Crippen LogP contribution in [-0.2, 0) is 0 Å². The first kappa shape index (κ1) is 11.9. The first-order valence-corrected chi connectivity index (χ1v) is 2.98. The number of nitrogens with zero attached hydrogens (tertiary/aromatic N) is 2. The molecule has 0 saturated heterocycles. The van der Waals surface area contributed by atoms with Crippen molar-refractivity contribution >= 4 is 0 Å². The van der Waals surface area contributed by atoms with E-state index in [2.05, 4.69) is 25.9 Å². The highest BCUT2D eigenvalue weighted by Crippen LogP contribution is 1.76. The van der Waals surface area contributed by atoms with E-state index in [0.29, 0.717) is 0 Å². The van der Waals surface area contributed by atoms with Gasteiger partial charge in [0.2, 0.25) is 0 Å². The van der Waals surface area contributed by atoms with E-state index < -0.39 is 5.09 Å². The van der Waals surface area contributed by atoms with Crippen molar-refractivity contribution in [3.05, 3.63) is 10.1 Å². The van der Waals surface area contributed by atoms with Crippen LogP contribution in [-0.4, -0.2) is 35.8 Å². The zero-order valence-electron chi connectivity index (χ0n) is 6.57. The molecule has 0 aliphatic carbocycles. The molecule has 0 aromatic rings. The normalized spacial score (nSPS) is 8.40. The number of hydrogen-bond acceptors (Lipinski definition) is 3. The van der Waals surface area contributed by atoms with Gasteiger partial charge in [-0.05, 0) is 27.1 Å². The van der Waals surface area contributed by atoms with Crippen LogP contribution < -0.4 is 0 Å². The highest BCUT2D eigenvalue weighted by Gasteiger charge is 1.79. The largest absolute Gasteiger partial charge is 0.328 e. The van der Waals surface area contributed by atoms with Crippen molar-refractivity contribution in [3.8, 4) is 0 Å². The summed E-state index contributed by atoms with van der Waals surface area (Å²) < 4.78 is 0. The molecular weight excluding hydrogens is 136 g/mol. The molecular formula is C5H14N2O3. The van der Waals surface area contributed by atoms with Crippen LogP contribution in [0.5, 0.6) is 0 Å². The molecule has 62 valence electrons. The second-order valence-corrected chi connectivity index (χ2v) is 2.04. The van der Waals surface area contributed by atoms with Gasteiger partial charge in [-0.3, -0.25) is 0 Å². The maximum Gasteiger partial charge on any atom is 0.291 e. The van der Waals surface area contributed by atoms with E-state index in [9.17, 15) is 0 Å². The van der Waals surface area contributed by atoms with Gasteiger partial charge in [-0.2, -0.15) is 0 Å². The maximum atomic E-state index is 8.36. The predicted molar refractivity (Wildman–Crippen MR) is 37.6 cm³/mol. The van der Waals surface area contributed by atoms with Crippen LogP contribution in [0.25, 0.3) is 0 Å². The molecule has 0 atom stereocenters. The van der Waals surface area contributed by atoms with Gasteiger partial charge in [-0.1, -0.05) is 6.92 Å². The summed E-state index contributed by atoms with van der Waals surface area (Å²) in [6.07, 6.45) is 1.26. The fourth-order valence-electron chi connectivity index (χ4n) is 0.447. The van der Waals surface area contributed by atoms with Gasteiger partial charge in [0.25, 0.3) is 5.09 Å². The lowest BCUT2D eigenvalue weighted by molar-refractivity contribution is -0.742. The minimum atomic E-state index is -1.50. The molecule has 0 spiro atoms. The van der Waals surface area contributed by atoms with Crippen LogP contribution in [0.1, 0.15) is 13.3 Å². The van der Waals surface area contributed by atoms with Crippen molar-refractivity contribution in [1.82, 2.24) is 4.90 Å². The smallest absolute Gasteiger partial charge is 0.291 e. The molecule has 0 unspecified atom stereocenters. The lowest BCUT2D eigenvalue weighted by Gasteiger charge is -2.03. The second kappa shape index (κ2) is 8.16. The van der Waals surface area contributed by atoms with Gasteiger partial charge in [0, 0.05) is 0 Å². The molecule has 5 nitrogen and oxygen atoms in total. The third kappa shape index (κ3) is 58.2. The third-order valence-corrected chi connectivity index (χ3v) is 0.671. The van der Waals surface area contributed by atoms with Crippen LogP contribution in [0.2, 0.25) is 0 Å². The van der Waals surface area contributed by atoms with E-state index in [1.807, 2.05) is 0 Å². The number of hydrogen-bond donors (Lipinski definition) is 1. The molecule has 0 aliphatic rings. The monoisotopic (exact) mass is 150 g/mol. The van der Waals surface area contributed by atoms with Crippen LogP contribution >= 0.6 is 0 Å². The minimum absolute atomic E-state index is 1.21. The van der Waals surface area contributed by atoms with Crippen molar-refractivity contribution in [2.45, 2.75) is 13.3 Å². The zero-order chi connectivity index (χ0) is 8.57. The summed E-state index contributed by atoms with van der Waals surface area (Å²) in [4.78, 5) is 10.5. The summed E-state index contributed by atoms with van der Waals surface area (Å²) in [6, 6.07) is 0. The minimum Gasteiger partial charge on any atom is -0.328 e. The first-order valence-electron chi connectivity index (χ1n) is 2.98. The Labute approximate surface area is 60.4 Å². The predicted octanol–water partition coefficient (Wildman–Crippen LogP) is 0.610. The molecule has 0 saturated carbocycles. The van der Waals surface area contributed by atoms with E-state index in [-0.39, 0.29) is 0 Å². The first-order chi connectivity index (χ1) is 4.50. The van der Waals surface area contributed by atoms with Crippen molar-refractivity contribution in [2.24, 2.45) is 0 Å². The highest BCUT2D eigenvalue weighted by atomic mass is 16.9. The molecule has 5 heteroatoms. The van der Waals surface area contributed by atoms with E-state index in [4.69, 9.17) is 15.3 Å². The van der Waals surface area contributed by atoms with Crippen molar-refractivity contribution in [3.63, 3.8) is 0 Å². The summed E-state index contributed by atoms with van der Waals surface area (Å²) in [5.74, 6) is 0. The molecule has 10 heavy (non-hydrogen) atoms. The summed E-state index contributed by atoms with van der Waals surface area (Å²) in [6.45, 7) is 3.39. The van der Waals surface area contributed by atoms with Crippen molar-refractivity contribution in [1.29, 1.82) is 0 Å². The number of rotatable bonds is 2. The molecule has 0 rings (SSSR count). The molecule has 0 fully saturated rings. The fourth-order valence-corrected chi connectivity index (χ4v) is 0.447. The summed E-state index contributed by atoms with van der Waals surface area (Å²) in [5, 5.41) is 13.6. The van der Waals surface area contributed by atoms with Gasteiger partial charge in [0.15, 0.2) is 0 Å². The molecule has 0 bridgehead atoms. The van der Waals surface area contributed by atoms with E-state index in [1.54, 1.807) is 0 Å². The average molecular weight is 150 g/mol. The van der Waals surface area contributed by atoms with Gasteiger partial charge >= 0.3 is 0 Å². The van der Waals surface area contributed by atoms with Crippen molar-refractivity contribution < 1.29 is 10.3 Å². The van der Waals surface area contributed by atoms with E-state index in [0.717, 1.165) is 0 Å². The Balaban J connectivity index is 0. The maximum absolute atomic E-state index is 8.36. The SMILES string of the molecule is CCCN(C)C.O=[N+]([O-])O.